The first-order valence-electron chi connectivity index (χ1n) is 6.58. The summed E-state index contributed by atoms with van der Waals surface area (Å²) in [5, 5.41) is 9.59. The maximum Gasteiger partial charge on any atom is 0.316 e. The zero-order chi connectivity index (χ0) is 14.8. The molecular weight excluding hydrogens is 278 g/mol. The molecule has 0 fully saturated rings. The minimum absolute atomic E-state index is 0.269. The van der Waals surface area contributed by atoms with E-state index in [2.05, 4.69) is 45.8 Å². The first-order valence-corrected chi connectivity index (χ1v) is 15.9. The van der Waals surface area contributed by atoms with Gasteiger partial charge in [0.2, 0.25) is 0 Å². The standard InChI is InChI=1S/C11H31NO3Si3/c1-10(13)11(12)9-18(8,14-16(2,3)4)15-17(5,6)7/h10-11,13H,9,12H2,1-8H3. The van der Waals surface area contributed by atoms with E-state index in [0.29, 0.717) is 6.04 Å². The summed E-state index contributed by atoms with van der Waals surface area (Å²) in [6, 6.07) is 0.383. The van der Waals surface area contributed by atoms with Crippen LogP contribution in [0.1, 0.15) is 6.92 Å². The lowest BCUT2D eigenvalue weighted by molar-refractivity contribution is 0.166. The van der Waals surface area contributed by atoms with E-state index in [0.717, 1.165) is 0 Å². The SMILES string of the molecule is CC(O)C(N)C[Si](C)(O[Si](C)(C)C)O[Si](C)(C)C. The molecule has 2 unspecified atom stereocenters. The van der Waals surface area contributed by atoms with Crippen molar-refractivity contribution in [3.8, 4) is 0 Å². The van der Waals surface area contributed by atoms with Crippen LogP contribution in [0, 0.1) is 0 Å². The molecule has 0 radical (unpaired) electrons. The number of aliphatic hydroxyl groups is 1. The molecular formula is C11H31NO3Si3. The van der Waals surface area contributed by atoms with Crippen molar-refractivity contribution in [1.29, 1.82) is 0 Å². The van der Waals surface area contributed by atoms with Crippen LogP contribution in [0.2, 0.25) is 51.9 Å². The Hall–Kier alpha value is 0.491. The van der Waals surface area contributed by atoms with E-state index < -0.39 is 31.3 Å². The van der Waals surface area contributed by atoms with Crippen molar-refractivity contribution in [3.05, 3.63) is 0 Å². The topological polar surface area (TPSA) is 64.7 Å². The molecule has 7 heteroatoms. The molecule has 0 spiro atoms. The second kappa shape index (κ2) is 6.29. The molecule has 0 saturated heterocycles. The van der Waals surface area contributed by atoms with Crippen LogP contribution in [0.3, 0.4) is 0 Å². The second-order valence-electron chi connectivity index (χ2n) is 7.17. The molecule has 0 heterocycles. The van der Waals surface area contributed by atoms with E-state index >= 15 is 0 Å². The quantitative estimate of drug-likeness (QED) is 0.709. The van der Waals surface area contributed by atoms with Gasteiger partial charge in [-0.1, -0.05) is 0 Å². The van der Waals surface area contributed by atoms with Gasteiger partial charge in [-0.25, -0.2) is 0 Å². The molecule has 0 aromatic heterocycles. The Bertz CT molecular complexity index is 245. The molecule has 0 aliphatic rings. The minimum Gasteiger partial charge on any atom is -0.437 e. The fourth-order valence-electron chi connectivity index (χ4n) is 2.00. The van der Waals surface area contributed by atoms with Crippen LogP contribution >= 0.6 is 0 Å². The van der Waals surface area contributed by atoms with Crippen molar-refractivity contribution in [2.45, 2.75) is 70.9 Å². The van der Waals surface area contributed by atoms with Crippen molar-refractivity contribution in [2.75, 3.05) is 0 Å². The summed E-state index contributed by atoms with van der Waals surface area (Å²) < 4.78 is 12.6. The summed E-state index contributed by atoms with van der Waals surface area (Å²) in [5.41, 5.74) is 6.00. The molecule has 0 saturated carbocycles. The number of rotatable bonds is 7. The zero-order valence-corrected chi connectivity index (χ0v) is 16.2. The first kappa shape index (κ1) is 18.5. The Morgan fingerprint density at radius 2 is 1.28 bits per heavy atom. The molecule has 0 amide bonds. The van der Waals surface area contributed by atoms with Gasteiger partial charge in [-0.05, 0) is 52.8 Å². The average Bonchev–Trinajstić information content (AvgIpc) is 1.93. The third-order valence-electron chi connectivity index (χ3n) is 2.27. The van der Waals surface area contributed by atoms with Crippen LogP contribution in [0.25, 0.3) is 0 Å². The third-order valence-corrected chi connectivity index (χ3v) is 11.8. The monoisotopic (exact) mass is 309 g/mol. The Morgan fingerprint density at radius 3 is 1.50 bits per heavy atom. The molecule has 0 aliphatic carbocycles. The first-order chi connectivity index (χ1) is 7.74. The lowest BCUT2D eigenvalue weighted by Crippen LogP contribution is -2.56. The van der Waals surface area contributed by atoms with Gasteiger partial charge in [0.05, 0.1) is 6.10 Å². The zero-order valence-electron chi connectivity index (χ0n) is 13.2. The molecule has 4 nitrogen and oxygen atoms in total. The van der Waals surface area contributed by atoms with Crippen LogP contribution < -0.4 is 5.73 Å². The summed E-state index contributed by atoms with van der Waals surface area (Å²) in [6.07, 6.45) is -0.521. The summed E-state index contributed by atoms with van der Waals surface area (Å²) >= 11 is 0. The smallest absolute Gasteiger partial charge is 0.316 e. The van der Waals surface area contributed by atoms with Crippen LogP contribution in [0.4, 0.5) is 0 Å². The van der Waals surface area contributed by atoms with E-state index in [-0.39, 0.29) is 6.04 Å². The molecule has 0 aromatic carbocycles. The number of aliphatic hydroxyl groups excluding tert-OH is 1. The highest BCUT2D eigenvalue weighted by molar-refractivity contribution is 6.87. The molecule has 0 aromatic rings. The van der Waals surface area contributed by atoms with E-state index in [9.17, 15) is 5.11 Å². The van der Waals surface area contributed by atoms with E-state index in [1.807, 2.05) is 0 Å². The number of hydrogen-bond acceptors (Lipinski definition) is 4. The molecule has 0 aliphatic heterocycles. The van der Waals surface area contributed by atoms with Gasteiger partial charge in [-0.2, -0.15) is 0 Å². The van der Waals surface area contributed by atoms with E-state index in [4.69, 9.17) is 14.0 Å². The maximum atomic E-state index is 9.59. The van der Waals surface area contributed by atoms with E-state index in [1.165, 1.54) is 0 Å². The van der Waals surface area contributed by atoms with Crippen molar-refractivity contribution in [1.82, 2.24) is 0 Å². The Morgan fingerprint density at radius 1 is 0.944 bits per heavy atom. The Labute approximate surface area is 115 Å². The lowest BCUT2D eigenvalue weighted by atomic mass is 10.2. The van der Waals surface area contributed by atoms with Crippen molar-refractivity contribution < 1.29 is 13.3 Å². The molecule has 0 bridgehead atoms. The molecule has 18 heavy (non-hydrogen) atoms. The number of hydrogen-bond donors (Lipinski definition) is 2. The van der Waals surface area contributed by atoms with Crippen LogP contribution in [0.15, 0.2) is 0 Å². The van der Waals surface area contributed by atoms with E-state index in [1.54, 1.807) is 6.92 Å². The van der Waals surface area contributed by atoms with Crippen molar-refractivity contribution in [3.63, 3.8) is 0 Å². The van der Waals surface area contributed by atoms with Gasteiger partial charge in [-0.3, -0.25) is 0 Å². The van der Waals surface area contributed by atoms with Crippen LogP contribution in [-0.2, 0) is 8.23 Å². The molecule has 2 atom stereocenters. The number of nitrogens with two attached hydrogens (primary N) is 1. The van der Waals surface area contributed by atoms with Crippen molar-refractivity contribution >= 4 is 25.2 Å². The molecule has 0 rings (SSSR count). The maximum absolute atomic E-state index is 9.59. The minimum atomic E-state index is -2.31. The van der Waals surface area contributed by atoms with Gasteiger partial charge < -0.3 is 19.1 Å². The summed E-state index contributed by atoms with van der Waals surface area (Å²) in [5.74, 6) is 0. The van der Waals surface area contributed by atoms with Gasteiger partial charge in [-0.15, -0.1) is 0 Å². The van der Waals surface area contributed by atoms with Gasteiger partial charge in [0.15, 0.2) is 16.6 Å². The summed E-state index contributed by atoms with van der Waals surface area (Å²) in [7, 11) is -5.65. The third kappa shape index (κ3) is 8.57. The largest absolute Gasteiger partial charge is 0.437 e. The Balaban J connectivity index is 4.92. The summed E-state index contributed by atoms with van der Waals surface area (Å²) in [6.45, 7) is 16.8. The highest BCUT2D eigenvalue weighted by Crippen LogP contribution is 2.25. The fraction of sp³-hybridized carbons (Fsp3) is 1.00. The summed E-state index contributed by atoms with van der Waals surface area (Å²) in [4.78, 5) is 0. The van der Waals surface area contributed by atoms with Crippen LogP contribution in [0.5, 0.6) is 0 Å². The lowest BCUT2D eigenvalue weighted by Gasteiger charge is -2.40. The predicted octanol–water partition coefficient (Wildman–Crippen LogP) is 2.47. The predicted molar refractivity (Wildman–Crippen MR) is 84.9 cm³/mol. The average molecular weight is 310 g/mol. The molecule has 3 N–H and O–H groups in total. The second-order valence-corrected chi connectivity index (χ2v) is 19.9. The highest BCUT2D eigenvalue weighted by atomic mass is 28.5. The highest BCUT2D eigenvalue weighted by Gasteiger charge is 2.42. The van der Waals surface area contributed by atoms with Gasteiger partial charge in [0.25, 0.3) is 0 Å². The Kier molecular flexibility index (Phi) is 6.47. The molecule has 110 valence electrons. The fourth-order valence-corrected chi connectivity index (χ4v) is 14.8. The van der Waals surface area contributed by atoms with Crippen LogP contribution in [-0.4, -0.2) is 42.4 Å². The normalized spacial score (nSPS) is 17.7. The van der Waals surface area contributed by atoms with Crippen molar-refractivity contribution in [2.24, 2.45) is 5.73 Å². The van der Waals surface area contributed by atoms with Gasteiger partial charge in [0, 0.05) is 12.1 Å². The van der Waals surface area contributed by atoms with Gasteiger partial charge in [0.1, 0.15) is 0 Å². The van der Waals surface area contributed by atoms with Gasteiger partial charge >= 0.3 is 8.56 Å².